The molecule has 0 aromatic carbocycles. The normalized spacial score (nSPS) is 17.9. The van der Waals surface area contributed by atoms with Gasteiger partial charge in [-0.1, -0.05) is 19.8 Å². The van der Waals surface area contributed by atoms with Gasteiger partial charge in [0.25, 0.3) is 0 Å². The molecule has 0 saturated carbocycles. The predicted molar refractivity (Wildman–Crippen MR) is 68.1 cm³/mol. The lowest BCUT2D eigenvalue weighted by molar-refractivity contribution is -0.0699. The highest BCUT2D eigenvalue weighted by atomic mass is 32.2. The van der Waals surface area contributed by atoms with Crippen LogP contribution in [0.1, 0.15) is 41.5 Å². The van der Waals surface area contributed by atoms with Gasteiger partial charge in [-0.25, -0.2) is 8.93 Å². The molecule has 0 aliphatic rings. The van der Waals surface area contributed by atoms with E-state index in [1.54, 1.807) is 34.6 Å². The minimum Gasteiger partial charge on any atom is -0.242 e. The number of halogens is 3. The molecule has 6 heteroatoms. The second-order valence-corrected chi connectivity index (χ2v) is 7.55. The Labute approximate surface area is 109 Å². The minimum atomic E-state index is -4.54. The first-order valence-electron chi connectivity index (χ1n) is 5.59. The maximum Gasteiger partial charge on any atom is 0.457 e. The van der Waals surface area contributed by atoms with Crippen molar-refractivity contribution < 1.29 is 17.4 Å². The second-order valence-electron chi connectivity index (χ2n) is 5.59. The van der Waals surface area contributed by atoms with Gasteiger partial charge in [0.2, 0.25) is 0 Å². The minimum absolute atomic E-state index is 0.210. The Kier molecular flexibility index (Phi) is 5.45. The third kappa shape index (κ3) is 5.87. The summed E-state index contributed by atoms with van der Waals surface area (Å²) in [4.78, 5) is 0. The van der Waals surface area contributed by atoms with Crippen LogP contribution in [-0.2, 0) is 11.0 Å². The Morgan fingerprint density at radius 2 is 1.50 bits per heavy atom. The molecule has 0 heterocycles. The van der Waals surface area contributed by atoms with Crippen molar-refractivity contribution in [3.05, 3.63) is 0 Å². The van der Waals surface area contributed by atoms with Crippen molar-refractivity contribution in [2.75, 3.05) is 0 Å². The zero-order valence-electron chi connectivity index (χ0n) is 11.5. The molecule has 106 valence electrons. The largest absolute Gasteiger partial charge is 0.457 e. The SMILES string of the molecule is CC(C)[C@](C)(C#CC(F)(F)F)NS(=O)C(C)(C)C. The van der Waals surface area contributed by atoms with E-state index >= 15 is 0 Å². The molecular weight excluding hydrogens is 263 g/mol. The summed E-state index contributed by atoms with van der Waals surface area (Å²) in [5.74, 6) is 3.20. The second kappa shape index (κ2) is 5.62. The van der Waals surface area contributed by atoms with Crippen LogP contribution in [0.3, 0.4) is 0 Å². The lowest BCUT2D eigenvalue weighted by atomic mass is 9.90. The highest BCUT2D eigenvalue weighted by Gasteiger charge is 2.33. The fraction of sp³-hybridized carbons (Fsp3) is 0.833. The molecule has 0 rings (SSSR count). The van der Waals surface area contributed by atoms with Crippen molar-refractivity contribution in [3.8, 4) is 11.8 Å². The van der Waals surface area contributed by atoms with Gasteiger partial charge in [-0.3, -0.25) is 0 Å². The number of hydrogen-bond acceptors (Lipinski definition) is 1. The van der Waals surface area contributed by atoms with Crippen LogP contribution >= 0.6 is 0 Å². The molecule has 0 aliphatic heterocycles. The van der Waals surface area contributed by atoms with Crippen LogP contribution in [0.25, 0.3) is 0 Å². The van der Waals surface area contributed by atoms with E-state index in [4.69, 9.17) is 0 Å². The van der Waals surface area contributed by atoms with Gasteiger partial charge in [0.15, 0.2) is 0 Å². The summed E-state index contributed by atoms with van der Waals surface area (Å²) in [6.45, 7) is 10.2. The molecule has 0 amide bonds. The van der Waals surface area contributed by atoms with Crippen molar-refractivity contribution in [2.45, 2.75) is 58.0 Å². The van der Waals surface area contributed by atoms with Gasteiger partial charge in [0.05, 0.1) is 21.3 Å². The zero-order valence-corrected chi connectivity index (χ0v) is 12.3. The average Bonchev–Trinajstić information content (AvgIpc) is 2.11. The first kappa shape index (κ1) is 17.5. The van der Waals surface area contributed by atoms with Gasteiger partial charge in [0, 0.05) is 5.92 Å². The molecule has 0 saturated heterocycles. The molecule has 18 heavy (non-hydrogen) atoms. The van der Waals surface area contributed by atoms with Crippen molar-refractivity contribution >= 4 is 11.0 Å². The summed E-state index contributed by atoms with van der Waals surface area (Å²) < 4.78 is 50.5. The van der Waals surface area contributed by atoms with E-state index in [1.165, 1.54) is 12.8 Å². The summed E-state index contributed by atoms with van der Waals surface area (Å²) in [6, 6.07) is 0. The predicted octanol–water partition coefficient (Wildman–Crippen LogP) is 3.02. The molecule has 0 aromatic heterocycles. The maximum absolute atomic E-state index is 12.1. The average molecular weight is 283 g/mol. The molecule has 0 aromatic rings. The summed E-state index contributed by atoms with van der Waals surface area (Å²) in [7, 11) is -1.48. The Morgan fingerprint density at radius 1 is 1.06 bits per heavy atom. The number of rotatable bonds is 3. The van der Waals surface area contributed by atoms with Crippen LogP contribution in [0, 0.1) is 17.8 Å². The van der Waals surface area contributed by atoms with Crippen molar-refractivity contribution in [3.63, 3.8) is 0 Å². The Bertz CT molecular complexity index is 373. The van der Waals surface area contributed by atoms with E-state index in [-0.39, 0.29) is 5.92 Å². The summed E-state index contributed by atoms with van der Waals surface area (Å²) in [5.41, 5.74) is -1.15. The molecule has 2 atom stereocenters. The van der Waals surface area contributed by atoms with Gasteiger partial charge in [-0.05, 0) is 33.6 Å². The molecule has 0 fully saturated rings. The Balaban J connectivity index is 5.18. The van der Waals surface area contributed by atoms with Crippen molar-refractivity contribution in [1.29, 1.82) is 0 Å². The van der Waals surface area contributed by atoms with Gasteiger partial charge < -0.3 is 0 Å². The standard InChI is InChI=1S/C12H20F3NOS/c1-9(2)11(6,7-8-12(13,14)15)16-18(17)10(3,4)5/h9,16H,1-6H3/t11-,18?/m0/s1. The van der Waals surface area contributed by atoms with Crippen LogP contribution < -0.4 is 4.72 Å². The highest BCUT2D eigenvalue weighted by molar-refractivity contribution is 7.84. The third-order valence-electron chi connectivity index (χ3n) is 2.48. The third-order valence-corrected chi connectivity index (χ3v) is 4.20. The van der Waals surface area contributed by atoms with E-state index in [9.17, 15) is 17.4 Å². The monoisotopic (exact) mass is 283 g/mol. The molecule has 2 nitrogen and oxygen atoms in total. The van der Waals surface area contributed by atoms with Gasteiger partial charge in [0.1, 0.15) is 0 Å². The number of nitrogens with one attached hydrogen (secondary N) is 1. The molecular formula is C12H20F3NOS. The molecule has 0 radical (unpaired) electrons. The fourth-order valence-electron chi connectivity index (χ4n) is 0.834. The highest BCUT2D eigenvalue weighted by Crippen LogP contribution is 2.21. The lowest BCUT2D eigenvalue weighted by Gasteiger charge is -2.32. The quantitative estimate of drug-likeness (QED) is 0.793. The Hall–Kier alpha value is -0.540. The van der Waals surface area contributed by atoms with E-state index in [2.05, 4.69) is 10.6 Å². The molecule has 0 spiro atoms. The van der Waals surface area contributed by atoms with Crippen molar-refractivity contribution in [2.24, 2.45) is 5.92 Å². The van der Waals surface area contributed by atoms with Gasteiger partial charge in [-0.2, -0.15) is 13.2 Å². The topological polar surface area (TPSA) is 29.1 Å². The van der Waals surface area contributed by atoms with E-state index < -0.39 is 27.4 Å². The van der Waals surface area contributed by atoms with Gasteiger partial charge in [-0.15, -0.1) is 0 Å². The zero-order chi connectivity index (χ0) is 14.8. The maximum atomic E-state index is 12.1. The molecule has 0 bridgehead atoms. The Morgan fingerprint density at radius 3 is 1.78 bits per heavy atom. The van der Waals surface area contributed by atoms with Crippen LogP contribution in [0.2, 0.25) is 0 Å². The summed E-state index contributed by atoms with van der Waals surface area (Å²) in [5, 5.41) is 0. The van der Waals surface area contributed by atoms with Crippen LogP contribution in [0.15, 0.2) is 0 Å². The molecule has 0 aliphatic carbocycles. The first-order valence-corrected chi connectivity index (χ1v) is 6.74. The van der Waals surface area contributed by atoms with Crippen LogP contribution in [0.4, 0.5) is 13.2 Å². The smallest absolute Gasteiger partial charge is 0.242 e. The summed E-state index contributed by atoms with van der Waals surface area (Å²) in [6.07, 6.45) is -4.54. The van der Waals surface area contributed by atoms with Crippen molar-refractivity contribution in [1.82, 2.24) is 4.72 Å². The van der Waals surface area contributed by atoms with E-state index in [0.29, 0.717) is 0 Å². The molecule has 1 N–H and O–H groups in total. The van der Waals surface area contributed by atoms with Crippen LogP contribution in [0.5, 0.6) is 0 Å². The van der Waals surface area contributed by atoms with E-state index in [1.807, 2.05) is 0 Å². The van der Waals surface area contributed by atoms with Crippen LogP contribution in [-0.4, -0.2) is 20.7 Å². The number of hydrogen-bond donors (Lipinski definition) is 1. The number of alkyl halides is 3. The fourth-order valence-corrected chi connectivity index (χ4v) is 1.81. The summed E-state index contributed by atoms with van der Waals surface area (Å²) >= 11 is 0. The van der Waals surface area contributed by atoms with E-state index in [0.717, 1.165) is 0 Å². The van der Waals surface area contributed by atoms with Gasteiger partial charge >= 0.3 is 6.18 Å². The lowest BCUT2D eigenvalue weighted by Crippen LogP contribution is -2.50. The molecule has 1 unspecified atom stereocenters. The first-order chi connectivity index (χ1) is 7.78.